The highest BCUT2D eigenvalue weighted by molar-refractivity contribution is 5.99. The number of hydrogen-bond acceptors (Lipinski definition) is 6. The van der Waals surface area contributed by atoms with Crippen molar-refractivity contribution in [3.8, 4) is 17.1 Å². The van der Waals surface area contributed by atoms with E-state index >= 15 is 0 Å². The molecule has 34 heavy (non-hydrogen) atoms. The normalized spacial score (nSPS) is 18.5. The van der Waals surface area contributed by atoms with E-state index in [1.807, 2.05) is 6.92 Å². The fourth-order valence-corrected chi connectivity index (χ4v) is 4.26. The number of aromatic amines is 1. The van der Waals surface area contributed by atoms with E-state index in [2.05, 4.69) is 25.6 Å². The topological polar surface area (TPSA) is 106 Å². The highest BCUT2D eigenvalue weighted by Gasteiger charge is 2.40. The summed E-state index contributed by atoms with van der Waals surface area (Å²) in [6.07, 6.45) is 3.05. The van der Waals surface area contributed by atoms with Crippen LogP contribution in [0, 0.1) is 11.6 Å². The Morgan fingerprint density at radius 2 is 1.97 bits per heavy atom. The van der Waals surface area contributed by atoms with Crippen LogP contribution in [0.15, 0.2) is 48.8 Å². The van der Waals surface area contributed by atoms with Crippen LogP contribution >= 0.6 is 0 Å². The smallest absolute Gasteiger partial charge is 0.247 e. The number of carbonyl (C=O) groups is 1. The number of nitrogens with zero attached hydrogens (tertiary/aromatic N) is 3. The van der Waals surface area contributed by atoms with Crippen molar-refractivity contribution in [3.63, 3.8) is 0 Å². The van der Waals surface area contributed by atoms with Gasteiger partial charge in [-0.25, -0.2) is 18.7 Å². The number of benzene rings is 1. The van der Waals surface area contributed by atoms with Gasteiger partial charge in [-0.2, -0.15) is 0 Å². The minimum Gasteiger partial charge on any atom is -0.494 e. The molecule has 1 fully saturated rings. The van der Waals surface area contributed by atoms with Crippen molar-refractivity contribution in [3.05, 3.63) is 66.0 Å². The SMILES string of the molecule is CN1CCNC(C)(c2ccc(Nc3cc(-c4c(F)cccc4F)nc4c[nH]c(O)c34)nc2)C1=O. The van der Waals surface area contributed by atoms with E-state index in [0.29, 0.717) is 41.1 Å². The summed E-state index contributed by atoms with van der Waals surface area (Å²) in [6, 6.07) is 8.53. The lowest BCUT2D eigenvalue weighted by molar-refractivity contribution is -0.139. The lowest BCUT2D eigenvalue weighted by atomic mass is 9.90. The molecule has 0 saturated carbocycles. The Hall–Kier alpha value is -4.05. The molecular formula is C24H22F2N6O2. The highest BCUT2D eigenvalue weighted by Crippen LogP contribution is 2.36. The first kappa shape index (κ1) is 21.8. The molecule has 1 atom stereocenters. The molecular weight excluding hydrogens is 442 g/mol. The van der Waals surface area contributed by atoms with Crippen LogP contribution in [0.3, 0.4) is 0 Å². The number of anilines is 2. The number of halogens is 2. The first-order chi connectivity index (χ1) is 16.3. The van der Waals surface area contributed by atoms with Crippen LogP contribution in [-0.2, 0) is 10.3 Å². The second-order valence-electron chi connectivity index (χ2n) is 8.38. The molecule has 0 radical (unpaired) electrons. The monoisotopic (exact) mass is 464 g/mol. The number of pyridine rings is 2. The molecule has 8 nitrogen and oxygen atoms in total. The average molecular weight is 464 g/mol. The molecule has 4 heterocycles. The number of hydrogen-bond donors (Lipinski definition) is 4. The first-order valence-electron chi connectivity index (χ1n) is 10.7. The van der Waals surface area contributed by atoms with Crippen molar-refractivity contribution in [2.24, 2.45) is 0 Å². The van der Waals surface area contributed by atoms with E-state index in [1.54, 1.807) is 30.3 Å². The fourth-order valence-electron chi connectivity index (χ4n) is 4.26. The molecule has 4 N–H and O–H groups in total. The van der Waals surface area contributed by atoms with Gasteiger partial charge in [0.05, 0.1) is 27.8 Å². The van der Waals surface area contributed by atoms with Crippen molar-refractivity contribution in [1.82, 2.24) is 25.2 Å². The van der Waals surface area contributed by atoms with Gasteiger partial charge in [-0.1, -0.05) is 12.1 Å². The van der Waals surface area contributed by atoms with E-state index in [9.17, 15) is 18.7 Å². The Balaban J connectivity index is 1.53. The molecule has 1 aromatic carbocycles. The first-order valence-corrected chi connectivity index (χ1v) is 10.7. The summed E-state index contributed by atoms with van der Waals surface area (Å²) in [5, 5.41) is 17.0. The number of nitrogens with one attached hydrogen (secondary N) is 3. The van der Waals surface area contributed by atoms with E-state index in [1.165, 1.54) is 18.3 Å². The summed E-state index contributed by atoms with van der Waals surface area (Å²) in [7, 11) is 1.76. The van der Waals surface area contributed by atoms with Gasteiger partial charge in [-0.3, -0.25) is 10.1 Å². The van der Waals surface area contributed by atoms with Crippen LogP contribution in [0.1, 0.15) is 12.5 Å². The van der Waals surface area contributed by atoms with E-state index in [-0.39, 0.29) is 23.0 Å². The van der Waals surface area contributed by atoms with Gasteiger partial charge in [0.25, 0.3) is 0 Å². The largest absolute Gasteiger partial charge is 0.494 e. The van der Waals surface area contributed by atoms with Crippen molar-refractivity contribution >= 4 is 28.3 Å². The van der Waals surface area contributed by atoms with Gasteiger partial charge in [0.1, 0.15) is 23.0 Å². The van der Waals surface area contributed by atoms with Crippen LogP contribution in [0.2, 0.25) is 0 Å². The zero-order valence-electron chi connectivity index (χ0n) is 18.5. The number of carbonyl (C=O) groups excluding carboxylic acids is 1. The van der Waals surface area contributed by atoms with Crippen molar-refractivity contribution < 1.29 is 18.7 Å². The van der Waals surface area contributed by atoms with Crippen LogP contribution in [0.4, 0.5) is 20.3 Å². The molecule has 1 unspecified atom stereocenters. The Labute approximate surface area is 193 Å². The van der Waals surface area contributed by atoms with Gasteiger partial charge in [0, 0.05) is 32.5 Å². The Morgan fingerprint density at radius 1 is 1.21 bits per heavy atom. The molecule has 4 aromatic rings. The molecule has 10 heteroatoms. The second kappa shape index (κ2) is 8.07. The standard InChI is InChI=1S/C24H22F2N6O2/c1-24(23(34)32(2)9-8-29-24)13-6-7-19(27-11-13)31-17-10-16(20-14(25)4-3-5-15(20)26)30-18-12-28-22(33)21(17)18/h3-7,10-12,28-29,33H,8-9H2,1-2H3,(H,27,31). The third-order valence-electron chi connectivity index (χ3n) is 6.15. The van der Waals surface area contributed by atoms with E-state index in [4.69, 9.17) is 0 Å². The number of fused-ring (bicyclic) bond motifs is 1. The van der Waals surface area contributed by atoms with Gasteiger partial charge < -0.3 is 20.3 Å². The summed E-state index contributed by atoms with van der Waals surface area (Å²) in [4.78, 5) is 25.8. The zero-order valence-corrected chi connectivity index (χ0v) is 18.5. The number of H-pyrrole nitrogens is 1. The molecule has 5 rings (SSSR count). The predicted octanol–water partition coefficient (Wildman–Crippen LogP) is 3.63. The summed E-state index contributed by atoms with van der Waals surface area (Å²) in [5.74, 6) is -1.27. The Morgan fingerprint density at radius 3 is 2.68 bits per heavy atom. The lowest BCUT2D eigenvalue weighted by Crippen LogP contribution is -2.59. The second-order valence-corrected chi connectivity index (χ2v) is 8.38. The van der Waals surface area contributed by atoms with E-state index < -0.39 is 17.2 Å². The molecule has 0 bridgehead atoms. The molecule has 0 spiro atoms. The Kier molecular flexibility index (Phi) is 5.17. The third-order valence-corrected chi connectivity index (χ3v) is 6.15. The molecule has 1 amide bonds. The molecule has 3 aromatic heterocycles. The third kappa shape index (κ3) is 3.52. The summed E-state index contributed by atoms with van der Waals surface area (Å²) >= 11 is 0. The maximum Gasteiger partial charge on any atom is 0.247 e. The maximum absolute atomic E-state index is 14.4. The number of piperazine rings is 1. The molecule has 1 aliphatic rings. The van der Waals surface area contributed by atoms with Crippen molar-refractivity contribution in [2.45, 2.75) is 12.5 Å². The average Bonchev–Trinajstić information content (AvgIpc) is 3.19. The summed E-state index contributed by atoms with van der Waals surface area (Å²) in [6.45, 7) is 3.11. The highest BCUT2D eigenvalue weighted by atomic mass is 19.1. The minimum absolute atomic E-state index is 0.0501. The number of amides is 1. The number of rotatable bonds is 4. The van der Waals surface area contributed by atoms with E-state index in [0.717, 1.165) is 12.1 Å². The fraction of sp³-hybridized carbons (Fsp3) is 0.208. The predicted molar refractivity (Wildman–Crippen MR) is 124 cm³/mol. The van der Waals surface area contributed by atoms with Crippen LogP contribution in [0.25, 0.3) is 22.2 Å². The minimum atomic E-state index is -0.892. The van der Waals surface area contributed by atoms with Gasteiger partial charge in [0.15, 0.2) is 5.88 Å². The summed E-state index contributed by atoms with van der Waals surface area (Å²) in [5.41, 5.74) is 0.290. The van der Waals surface area contributed by atoms with Gasteiger partial charge >= 0.3 is 0 Å². The van der Waals surface area contributed by atoms with Gasteiger partial charge in [0.2, 0.25) is 5.91 Å². The maximum atomic E-state index is 14.4. The Bertz CT molecular complexity index is 1380. The summed E-state index contributed by atoms with van der Waals surface area (Å²) < 4.78 is 28.8. The van der Waals surface area contributed by atoms with Crippen molar-refractivity contribution in [2.75, 3.05) is 25.5 Å². The molecule has 0 aliphatic carbocycles. The molecule has 1 saturated heterocycles. The quantitative estimate of drug-likeness (QED) is 0.368. The number of aromatic hydroxyl groups is 1. The lowest BCUT2D eigenvalue weighted by Gasteiger charge is -2.38. The number of aromatic nitrogens is 3. The van der Waals surface area contributed by atoms with Crippen molar-refractivity contribution in [1.29, 1.82) is 0 Å². The van der Waals surface area contributed by atoms with Crippen LogP contribution in [-0.4, -0.2) is 51.0 Å². The zero-order chi connectivity index (χ0) is 24.0. The molecule has 1 aliphatic heterocycles. The van der Waals surface area contributed by atoms with Crippen LogP contribution < -0.4 is 10.6 Å². The molecule has 174 valence electrons. The van der Waals surface area contributed by atoms with Gasteiger partial charge in [-0.15, -0.1) is 0 Å². The number of likely N-dealkylation sites (N-methyl/N-ethyl adjacent to an activating group) is 1. The van der Waals surface area contributed by atoms with Crippen LogP contribution in [0.5, 0.6) is 5.88 Å². The van der Waals surface area contributed by atoms with Gasteiger partial charge in [-0.05, 0) is 36.8 Å².